The van der Waals surface area contributed by atoms with Gasteiger partial charge < -0.3 is 5.32 Å². The summed E-state index contributed by atoms with van der Waals surface area (Å²) in [4.78, 5) is 18.1. The monoisotopic (exact) mass is 497 g/mol. The molecule has 1 fully saturated rings. The molecule has 2 aromatic carbocycles. The van der Waals surface area contributed by atoms with Gasteiger partial charge >= 0.3 is 0 Å². The van der Waals surface area contributed by atoms with E-state index in [4.69, 9.17) is 11.6 Å². The fourth-order valence-corrected chi connectivity index (χ4v) is 5.29. The number of hydrogen-bond donors (Lipinski definition) is 1. The van der Waals surface area contributed by atoms with Crippen molar-refractivity contribution in [1.29, 1.82) is 0 Å². The highest BCUT2D eigenvalue weighted by atomic mass is 35.5. The Labute approximate surface area is 210 Å². The van der Waals surface area contributed by atoms with Gasteiger partial charge in [0.1, 0.15) is 5.82 Å². The summed E-state index contributed by atoms with van der Waals surface area (Å²) in [5.74, 6) is -0.217. The number of aromatic nitrogens is 1. The van der Waals surface area contributed by atoms with E-state index in [2.05, 4.69) is 40.6 Å². The van der Waals surface area contributed by atoms with Crippen LogP contribution in [0.15, 0.2) is 71.9 Å². The lowest BCUT2D eigenvalue weighted by molar-refractivity contribution is -0.116. The van der Waals surface area contributed by atoms with Crippen LogP contribution in [0.3, 0.4) is 0 Å². The van der Waals surface area contributed by atoms with E-state index in [0.29, 0.717) is 35.2 Å². The van der Waals surface area contributed by atoms with Crippen LogP contribution >= 0.6 is 23.5 Å². The van der Waals surface area contributed by atoms with Crippen LogP contribution in [-0.2, 0) is 11.2 Å². The Morgan fingerprint density at radius 1 is 1.18 bits per heavy atom. The topological polar surface area (TPSA) is 45.0 Å². The number of rotatable bonds is 10. The van der Waals surface area contributed by atoms with Crippen molar-refractivity contribution in [2.45, 2.75) is 50.0 Å². The van der Waals surface area contributed by atoms with Gasteiger partial charge in [0.05, 0.1) is 18.1 Å². The van der Waals surface area contributed by atoms with E-state index in [1.807, 2.05) is 42.5 Å². The lowest BCUT2D eigenvalue weighted by Gasteiger charge is -2.21. The summed E-state index contributed by atoms with van der Waals surface area (Å²) in [5, 5.41) is 3.60. The lowest BCUT2D eigenvalue weighted by atomic mass is 9.85. The van der Waals surface area contributed by atoms with Crippen molar-refractivity contribution < 1.29 is 9.18 Å². The minimum absolute atomic E-state index is 0.0391. The highest BCUT2D eigenvalue weighted by Gasteiger charge is 2.35. The zero-order valence-electron chi connectivity index (χ0n) is 19.4. The first-order valence-electron chi connectivity index (χ1n) is 11.6. The van der Waals surface area contributed by atoms with Crippen LogP contribution in [0.1, 0.15) is 43.7 Å². The van der Waals surface area contributed by atoms with Gasteiger partial charge in [0.2, 0.25) is 5.91 Å². The molecule has 3 unspecified atom stereocenters. The van der Waals surface area contributed by atoms with E-state index in [1.54, 1.807) is 18.1 Å². The first-order valence-corrected chi connectivity index (χ1v) is 12.7. The van der Waals surface area contributed by atoms with Gasteiger partial charge in [0.25, 0.3) is 0 Å². The van der Waals surface area contributed by atoms with E-state index >= 15 is 0 Å². The molecule has 178 valence electrons. The molecule has 0 aliphatic carbocycles. The van der Waals surface area contributed by atoms with Crippen molar-refractivity contribution in [1.82, 2.24) is 9.29 Å². The van der Waals surface area contributed by atoms with E-state index in [0.717, 1.165) is 18.5 Å². The summed E-state index contributed by atoms with van der Waals surface area (Å²) < 4.78 is 17.0. The third kappa shape index (κ3) is 6.59. The third-order valence-corrected chi connectivity index (χ3v) is 7.56. The Morgan fingerprint density at radius 2 is 1.91 bits per heavy atom. The van der Waals surface area contributed by atoms with Crippen molar-refractivity contribution in [2.24, 2.45) is 5.92 Å². The van der Waals surface area contributed by atoms with E-state index < -0.39 is 0 Å². The first kappa shape index (κ1) is 24.7. The molecule has 1 saturated heterocycles. The first-order chi connectivity index (χ1) is 16.4. The summed E-state index contributed by atoms with van der Waals surface area (Å²) in [7, 11) is 0. The van der Waals surface area contributed by atoms with Crippen molar-refractivity contribution in [3.8, 4) is 0 Å². The molecule has 0 bridgehead atoms. The number of carbonyl (C=O) groups excluding carboxylic acids is 1. The van der Waals surface area contributed by atoms with Crippen LogP contribution in [0, 0.1) is 11.7 Å². The highest BCUT2D eigenvalue weighted by molar-refractivity contribution is 7.97. The van der Waals surface area contributed by atoms with Crippen LogP contribution < -0.4 is 5.32 Å². The third-order valence-electron chi connectivity index (χ3n) is 6.15. The Morgan fingerprint density at radius 3 is 2.62 bits per heavy atom. The van der Waals surface area contributed by atoms with Crippen LogP contribution in [0.4, 0.5) is 10.1 Å². The SMILES string of the molecule is CC(C)C(CC(=O)Nc1cncc(F)c1CCC1CN1Sc1ccccc1)c1ccc(Cl)cc1. The van der Waals surface area contributed by atoms with Gasteiger partial charge in [-0.05, 0) is 66.5 Å². The molecule has 3 atom stereocenters. The number of hydrogen-bond acceptors (Lipinski definition) is 4. The van der Waals surface area contributed by atoms with Crippen molar-refractivity contribution >= 4 is 35.1 Å². The normalized spacial score (nSPS) is 18.0. The van der Waals surface area contributed by atoms with Crippen molar-refractivity contribution in [3.05, 3.63) is 89.0 Å². The van der Waals surface area contributed by atoms with Gasteiger partial charge in [-0.25, -0.2) is 8.70 Å². The summed E-state index contributed by atoms with van der Waals surface area (Å²) in [6.45, 7) is 5.16. The van der Waals surface area contributed by atoms with Crippen molar-refractivity contribution in [3.63, 3.8) is 0 Å². The zero-order chi connectivity index (χ0) is 24.1. The minimum atomic E-state index is -0.376. The largest absolute Gasteiger partial charge is 0.324 e. The van der Waals surface area contributed by atoms with Crippen LogP contribution in [0.5, 0.6) is 0 Å². The van der Waals surface area contributed by atoms with E-state index in [1.165, 1.54) is 11.1 Å². The smallest absolute Gasteiger partial charge is 0.225 e. The number of anilines is 1. The predicted molar refractivity (Wildman–Crippen MR) is 138 cm³/mol. The van der Waals surface area contributed by atoms with Crippen molar-refractivity contribution in [2.75, 3.05) is 11.9 Å². The molecular weight excluding hydrogens is 469 g/mol. The average molecular weight is 498 g/mol. The standard InChI is InChI=1S/C27H29ClFN3OS/c1-18(2)24(19-8-10-20(28)11-9-19)14-27(33)31-26-16-30-15-25(29)23(26)13-12-21-17-32(21)34-22-6-4-3-5-7-22/h3-11,15-16,18,21,24H,12-14,17H2,1-2H3,(H,31,33). The Kier molecular flexibility index (Phi) is 8.24. The number of pyridine rings is 1. The molecule has 0 radical (unpaired) electrons. The molecule has 1 aromatic heterocycles. The Balaban J connectivity index is 1.36. The molecule has 0 spiro atoms. The summed E-state index contributed by atoms with van der Waals surface area (Å²) in [6, 6.07) is 18.2. The number of benzene rings is 2. The van der Waals surface area contributed by atoms with Gasteiger partial charge in [-0.3, -0.25) is 9.78 Å². The van der Waals surface area contributed by atoms with E-state index in [9.17, 15) is 9.18 Å². The highest BCUT2D eigenvalue weighted by Crippen LogP contribution is 2.37. The van der Waals surface area contributed by atoms with Crippen LogP contribution in [0.2, 0.25) is 5.02 Å². The maximum Gasteiger partial charge on any atom is 0.225 e. The summed E-state index contributed by atoms with van der Waals surface area (Å²) in [6.07, 6.45) is 4.44. The minimum Gasteiger partial charge on any atom is -0.324 e. The number of amides is 1. The molecule has 4 nitrogen and oxygen atoms in total. The molecular formula is C27H29ClFN3OS. The van der Waals surface area contributed by atoms with Crippen LogP contribution in [-0.4, -0.2) is 27.8 Å². The second kappa shape index (κ2) is 11.3. The van der Waals surface area contributed by atoms with Gasteiger partial charge in [-0.1, -0.05) is 55.8 Å². The van der Waals surface area contributed by atoms with E-state index in [-0.39, 0.29) is 23.6 Å². The molecule has 0 saturated carbocycles. The fraction of sp³-hybridized carbons (Fsp3) is 0.333. The quantitative estimate of drug-likeness (QED) is 0.243. The molecule has 1 aliphatic heterocycles. The number of nitrogens with one attached hydrogen (secondary N) is 1. The maximum absolute atomic E-state index is 14.7. The predicted octanol–water partition coefficient (Wildman–Crippen LogP) is 6.97. The molecule has 1 amide bonds. The molecule has 4 rings (SSSR count). The Hall–Kier alpha value is -2.41. The number of nitrogens with zero attached hydrogens (tertiary/aromatic N) is 2. The molecule has 7 heteroatoms. The molecule has 1 N–H and O–H groups in total. The molecule has 1 aliphatic rings. The second-order valence-corrected chi connectivity index (χ2v) is 10.6. The van der Waals surface area contributed by atoms with Gasteiger partial charge in [0, 0.05) is 34.5 Å². The average Bonchev–Trinajstić information content (AvgIpc) is 3.56. The lowest BCUT2D eigenvalue weighted by Crippen LogP contribution is -2.20. The molecule has 2 heterocycles. The molecule has 3 aromatic rings. The fourth-order valence-electron chi connectivity index (χ4n) is 4.11. The summed E-state index contributed by atoms with van der Waals surface area (Å²) >= 11 is 7.75. The van der Waals surface area contributed by atoms with Crippen LogP contribution in [0.25, 0.3) is 0 Å². The molecule has 34 heavy (non-hydrogen) atoms. The van der Waals surface area contributed by atoms with Gasteiger partial charge in [0.15, 0.2) is 0 Å². The maximum atomic E-state index is 14.7. The Bertz CT molecular complexity index is 1110. The number of halogens is 2. The number of carbonyl (C=O) groups is 1. The van der Waals surface area contributed by atoms with Gasteiger partial charge in [-0.2, -0.15) is 0 Å². The second-order valence-electron chi connectivity index (χ2n) is 9.00. The zero-order valence-corrected chi connectivity index (χ0v) is 21.0. The summed E-state index contributed by atoms with van der Waals surface area (Å²) in [5.41, 5.74) is 2.05. The van der Waals surface area contributed by atoms with Gasteiger partial charge in [-0.15, -0.1) is 0 Å².